The van der Waals surface area contributed by atoms with Crippen LogP contribution in [0.15, 0.2) is 46.9 Å². The van der Waals surface area contributed by atoms with Gasteiger partial charge in [-0.15, -0.1) is 0 Å². The number of nitrogens with zero attached hydrogens (tertiary/aromatic N) is 1. The van der Waals surface area contributed by atoms with Crippen LogP contribution in [-0.2, 0) is 11.4 Å². The van der Waals surface area contributed by atoms with Gasteiger partial charge in [0, 0.05) is 29.2 Å². The summed E-state index contributed by atoms with van der Waals surface area (Å²) >= 11 is 3.52. The second kappa shape index (κ2) is 8.05. The van der Waals surface area contributed by atoms with Gasteiger partial charge in [-0.1, -0.05) is 28.1 Å². The van der Waals surface area contributed by atoms with Crippen molar-refractivity contribution in [3.05, 3.63) is 58.1 Å². The van der Waals surface area contributed by atoms with Gasteiger partial charge in [0.15, 0.2) is 0 Å². The number of hydrogen-bond donors (Lipinski definition) is 0. The lowest BCUT2D eigenvalue weighted by atomic mass is 10.1. The SMILES string of the molecule is CC(=O)CC1CCCN1c1ccc(OCc2ccc(Br)c(C)c2)cc1. The number of rotatable bonds is 6. The molecule has 1 atom stereocenters. The van der Waals surface area contributed by atoms with Crippen LogP contribution in [0.2, 0.25) is 0 Å². The summed E-state index contributed by atoms with van der Waals surface area (Å²) in [5.74, 6) is 1.13. The largest absolute Gasteiger partial charge is 0.489 e. The quantitative estimate of drug-likeness (QED) is 0.658. The molecular formula is C21H24BrNO2. The normalized spacial score (nSPS) is 16.9. The summed E-state index contributed by atoms with van der Waals surface area (Å²) in [4.78, 5) is 13.8. The number of anilines is 1. The van der Waals surface area contributed by atoms with Crippen LogP contribution in [0.1, 0.15) is 37.3 Å². The number of carbonyl (C=O) groups excluding carboxylic acids is 1. The van der Waals surface area contributed by atoms with Gasteiger partial charge in [-0.05, 0) is 68.1 Å². The first-order valence-electron chi connectivity index (χ1n) is 8.77. The Morgan fingerprint density at radius 1 is 1.24 bits per heavy atom. The monoisotopic (exact) mass is 401 g/mol. The zero-order valence-electron chi connectivity index (χ0n) is 14.8. The molecule has 1 saturated heterocycles. The fraction of sp³-hybridized carbons (Fsp3) is 0.381. The number of carbonyl (C=O) groups is 1. The highest BCUT2D eigenvalue weighted by molar-refractivity contribution is 9.10. The third-order valence-corrected chi connectivity index (χ3v) is 5.59. The second-order valence-electron chi connectivity index (χ2n) is 6.76. The Bertz CT molecular complexity index is 742. The lowest BCUT2D eigenvalue weighted by Gasteiger charge is -2.26. The standard InChI is InChI=1S/C21H24BrNO2/c1-15-12-17(5-10-21(15)22)14-25-20-8-6-18(7-9-20)23-11-3-4-19(23)13-16(2)24/h5-10,12,19H,3-4,11,13-14H2,1-2H3. The number of halogens is 1. The molecule has 0 N–H and O–H groups in total. The van der Waals surface area contributed by atoms with Crippen molar-refractivity contribution in [3.63, 3.8) is 0 Å². The summed E-state index contributed by atoms with van der Waals surface area (Å²) in [5, 5.41) is 0. The predicted octanol–water partition coefficient (Wildman–Crippen LogP) is 5.28. The smallest absolute Gasteiger partial charge is 0.131 e. The first kappa shape index (κ1) is 18.0. The van der Waals surface area contributed by atoms with Crippen molar-refractivity contribution in [1.29, 1.82) is 0 Å². The highest BCUT2D eigenvalue weighted by Gasteiger charge is 2.25. The van der Waals surface area contributed by atoms with E-state index in [2.05, 4.69) is 58.1 Å². The van der Waals surface area contributed by atoms with Crippen LogP contribution in [0.25, 0.3) is 0 Å². The van der Waals surface area contributed by atoms with Crippen LogP contribution < -0.4 is 9.64 Å². The summed E-state index contributed by atoms with van der Waals surface area (Å²) in [6, 6.07) is 14.8. The van der Waals surface area contributed by atoms with Gasteiger partial charge in [-0.3, -0.25) is 4.79 Å². The topological polar surface area (TPSA) is 29.5 Å². The van der Waals surface area contributed by atoms with Crippen LogP contribution in [0.4, 0.5) is 5.69 Å². The van der Waals surface area contributed by atoms with Crippen molar-refractivity contribution in [2.24, 2.45) is 0 Å². The van der Waals surface area contributed by atoms with Crippen LogP contribution in [0.3, 0.4) is 0 Å². The summed E-state index contributed by atoms with van der Waals surface area (Å²) in [6.45, 7) is 5.34. The minimum absolute atomic E-state index is 0.265. The number of Topliss-reactive ketones (excluding diaryl/α,β-unsaturated/α-hetero) is 1. The summed E-state index contributed by atoms with van der Waals surface area (Å²) in [7, 11) is 0. The van der Waals surface area contributed by atoms with E-state index >= 15 is 0 Å². The molecule has 1 fully saturated rings. The van der Waals surface area contributed by atoms with Crippen molar-refractivity contribution >= 4 is 27.4 Å². The zero-order chi connectivity index (χ0) is 17.8. The Labute approximate surface area is 158 Å². The maximum Gasteiger partial charge on any atom is 0.131 e. The second-order valence-corrected chi connectivity index (χ2v) is 7.62. The molecule has 3 rings (SSSR count). The number of aryl methyl sites for hydroxylation is 1. The van der Waals surface area contributed by atoms with E-state index in [-0.39, 0.29) is 5.78 Å². The molecule has 4 heteroatoms. The van der Waals surface area contributed by atoms with Crippen molar-refractivity contribution in [2.75, 3.05) is 11.4 Å². The molecule has 1 aliphatic heterocycles. The van der Waals surface area contributed by atoms with Crippen LogP contribution in [-0.4, -0.2) is 18.4 Å². The average molecular weight is 402 g/mol. The summed E-state index contributed by atoms with van der Waals surface area (Å²) in [5.41, 5.74) is 3.54. The van der Waals surface area contributed by atoms with E-state index in [1.54, 1.807) is 6.92 Å². The third kappa shape index (κ3) is 4.63. The van der Waals surface area contributed by atoms with E-state index in [9.17, 15) is 4.79 Å². The molecule has 0 bridgehead atoms. The average Bonchev–Trinajstić information content (AvgIpc) is 3.04. The molecule has 2 aromatic carbocycles. The Balaban J connectivity index is 1.62. The third-order valence-electron chi connectivity index (χ3n) is 4.70. The van der Waals surface area contributed by atoms with Crippen molar-refractivity contribution in [2.45, 2.75) is 45.8 Å². The molecule has 1 unspecified atom stereocenters. The minimum Gasteiger partial charge on any atom is -0.489 e. The van der Waals surface area contributed by atoms with Crippen LogP contribution in [0.5, 0.6) is 5.75 Å². The molecule has 0 saturated carbocycles. The molecule has 1 aliphatic rings. The van der Waals surface area contributed by atoms with E-state index < -0.39 is 0 Å². The lowest BCUT2D eigenvalue weighted by Crippen LogP contribution is -2.30. The molecule has 132 valence electrons. The number of benzene rings is 2. The maximum atomic E-state index is 11.4. The van der Waals surface area contributed by atoms with Crippen LogP contribution >= 0.6 is 15.9 Å². The fourth-order valence-corrected chi connectivity index (χ4v) is 3.66. The lowest BCUT2D eigenvalue weighted by molar-refractivity contribution is -0.117. The zero-order valence-corrected chi connectivity index (χ0v) is 16.4. The Morgan fingerprint density at radius 2 is 2.00 bits per heavy atom. The molecule has 2 aromatic rings. The van der Waals surface area contributed by atoms with E-state index in [4.69, 9.17) is 4.74 Å². The fourth-order valence-electron chi connectivity index (χ4n) is 3.42. The minimum atomic E-state index is 0.265. The van der Waals surface area contributed by atoms with Crippen molar-refractivity contribution in [1.82, 2.24) is 0 Å². The van der Waals surface area contributed by atoms with Gasteiger partial charge in [0.1, 0.15) is 18.1 Å². The molecule has 25 heavy (non-hydrogen) atoms. The summed E-state index contributed by atoms with van der Waals surface area (Å²) in [6.07, 6.45) is 2.89. The van der Waals surface area contributed by atoms with Crippen molar-refractivity contribution in [3.8, 4) is 5.75 Å². The first-order valence-corrected chi connectivity index (χ1v) is 9.56. The van der Waals surface area contributed by atoms with Crippen LogP contribution in [0, 0.1) is 6.92 Å². The van der Waals surface area contributed by atoms with Gasteiger partial charge in [0.2, 0.25) is 0 Å². The molecule has 0 aromatic heterocycles. The van der Waals surface area contributed by atoms with E-state index in [0.717, 1.165) is 35.2 Å². The molecule has 0 radical (unpaired) electrons. The molecule has 3 nitrogen and oxygen atoms in total. The van der Waals surface area contributed by atoms with Gasteiger partial charge >= 0.3 is 0 Å². The first-order chi connectivity index (χ1) is 12.0. The molecule has 0 spiro atoms. The molecule has 0 amide bonds. The van der Waals surface area contributed by atoms with Crippen molar-refractivity contribution < 1.29 is 9.53 Å². The van der Waals surface area contributed by atoms with Gasteiger partial charge < -0.3 is 9.64 Å². The maximum absolute atomic E-state index is 11.4. The van der Waals surface area contributed by atoms with E-state index in [0.29, 0.717) is 19.1 Å². The Morgan fingerprint density at radius 3 is 2.68 bits per heavy atom. The summed E-state index contributed by atoms with van der Waals surface area (Å²) < 4.78 is 7.02. The predicted molar refractivity (Wildman–Crippen MR) is 105 cm³/mol. The number of hydrogen-bond acceptors (Lipinski definition) is 3. The highest BCUT2D eigenvalue weighted by atomic mass is 79.9. The highest BCUT2D eigenvalue weighted by Crippen LogP contribution is 2.29. The Kier molecular flexibility index (Phi) is 5.79. The van der Waals surface area contributed by atoms with E-state index in [1.807, 2.05) is 12.1 Å². The van der Waals surface area contributed by atoms with Gasteiger partial charge in [-0.2, -0.15) is 0 Å². The van der Waals surface area contributed by atoms with Gasteiger partial charge in [-0.25, -0.2) is 0 Å². The Hall–Kier alpha value is -1.81. The van der Waals surface area contributed by atoms with E-state index in [1.165, 1.54) is 11.3 Å². The number of ketones is 1. The molecular weight excluding hydrogens is 378 g/mol. The van der Waals surface area contributed by atoms with Gasteiger partial charge in [0.25, 0.3) is 0 Å². The van der Waals surface area contributed by atoms with Gasteiger partial charge in [0.05, 0.1) is 0 Å². The molecule has 0 aliphatic carbocycles. The molecule has 1 heterocycles. The number of ether oxygens (including phenoxy) is 1.